The van der Waals surface area contributed by atoms with Crippen LogP contribution in [-0.4, -0.2) is 46.5 Å². The Balaban J connectivity index is 1.28. The van der Waals surface area contributed by atoms with Gasteiger partial charge in [0.2, 0.25) is 5.91 Å². The molecule has 4 fully saturated rings. The van der Waals surface area contributed by atoms with Gasteiger partial charge < -0.3 is 9.73 Å². The number of rotatable bonds is 5. The topological polar surface area (TPSA) is 71.3 Å². The first-order valence-electron chi connectivity index (χ1n) is 10.6. The van der Waals surface area contributed by atoms with Crippen molar-refractivity contribution in [2.45, 2.75) is 51.0 Å². The number of amides is 1. The van der Waals surface area contributed by atoms with Gasteiger partial charge >= 0.3 is 0 Å². The molecule has 2 aromatic heterocycles. The van der Waals surface area contributed by atoms with Crippen molar-refractivity contribution in [1.29, 1.82) is 0 Å². The minimum absolute atomic E-state index is 0.264. The molecule has 1 amide bonds. The molecule has 6 nitrogen and oxygen atoms in total. The largest absolute Gasteiger partial charge is 0.463 e. The maximum absolute atomic E-state index is 12.2. The highest BCUT2D eigenvalue weighted by atomic mass is 16.3. The van der Waals surface area contributed by atoms with Crippen molar-refractivity contribution in [1.82, 2.24) is 20.2 Å². The van der Waals surface area contributed by atoms with Crippen molar-refractivity contribution in [2.75, 3.05) is 19.6 Å². The van der Waals surface area contributed by atoms with E-state index in [1.165, 1.54) is 12.8 Å². The molecule has 0 spiro atoms. The molecule has 4 unspecified atom stereocenters. The van der Waals surface area contributed by atoms with Crippen LogP contribution >= 0.6 is 0 Å². The molecule has 1 saturated carbocycles. The monoisotopic (exact) mass is 380 g/mol. The van der Waals surface area contributed by atoms with E-state index in [9.17, 15) is 4.79 Å². The average molecular weight is 380 g/mol. The quantitative estimate of drug-likeness (QED) is 0.863. The van der Waals surface area contributed by atoms with Gasteiger partial charge in [-0.05, 0) is 63.3 Å². The molecule has 1 aliphatic carbocycles. The second-order valence-electron chi connectivity index (χ2n) is 8.62. The Morgan fingerprint density at radius 3 is 2.89 bits per heavy atom. The van der Waals surface area contributed by atoms with E-state index in [0.717, 1.165) is 61.9 Å². The molecule has 0 aromatic carbocycles. The molecule has 0 radical (unpaired) electrons. The third-order valence-electron chi connectivity index (χ3n) is 6.88. The van der Waals surface area contributed by atoms with E-state index in [-0.39, 0.29) is 11.8 Å². The van der Waals surface area contributed by atoms with Crippen LogP contribution in [0.25, 0.3) is 11.5 Å². The van der Waals surface area contributed by atoms with Gasteiger partial charge in [0.25, 0.3) is 0 Å². The normalized spacial score (nSPS) is 29.5. The molecule has 1 N–H and O–H groups in total. The fourth-order valence-electron chi connectivity index (χ4n) is 5.05. The lowest BCUT2D eigenvalue weighted by atomic mass is 9.74. The van der Waals surface area contributed by atoms with Crippen LogP contribution in [0.3, 0.4) is 0 Å². The second kappa shape index (κ2) is 7.32. The zero-order chi connectivity index (χ0) is 19.1. The zero-order valence-corrected chi connectivity index (χ0v) is 16.4. The lowest BCUT2D eigenvalue weighted by Crippen LogP contribution is -2.56. The molecule has 6 rings (SSSR count). The first-order valence-corrected chi connectivity index (χ1v) is 10.6. The van der Waals surface area contributed by atoms with Crippen molar-refractivity contribution in [3.63, 3.8) is 0 Å². The fraction of sp³-hybridized carbons (Fsp3) is 0.591. The molecule has 6 heteroatoms. The first kappa shape index (κ1) is 17.9. The number of fused-ring (bicyclic) bond motifs is 3. The lowest BCUT2D eigenvalue weighted by Gasteiger charge is -2.50. The van der Waals surface area contributed by atoms with Crippen molar-refractivity contribution in [3.8, 4) is 11.5 Å². The Labute approximate surface area is 165 Å². The fourth-order valence-corrected chi connectivity index (χ4v) is 5.05. The summed E-state index contributed by atoms with van der Waals surface area (Å²) in [6.07, 6.45) is 7.36. The molecule has 3 saturated heterocycles. The van der Waals surface area contributed by atoms with Gasteiger partial charge in [0.05, 0.1) is 6.26 Å². The smallest absolute Gasteiger partial charge is 0.223 e. The van der Waals surface area contributed by atoms with Crippen LogP contribution < -0.4 is 5.32 Å². The van der Waals surface area contributed by atoms with Crippen LogP contribution in [0.2, 0.25) is 0 Å². The van der Waals surface area contributed by atoms with Gasteiger partial charge in [0, 0.05) is 36.7 Å². The summed E-state index contributed by atoms with van der Waals surface area (Å²) < 4.78 is 5.54. The highest BCUT2D eigenvalue weighted by Crippen LogP contribution is 2.41. The molecule has 3 aliphatic heterocycles. The maximum Gasteiger partial charge on any atom is 0.223 e. The standard InChI is InChI=1S/C22H28N4O2/c1-14-24-19(11-20(25-14)21-6-3-9-28-21)18-13-26-8-7-16(18)10-17(26)12-23-22(27)15-4-2-5-15/h3,6,9,11,15-18H,2,4-5,7-8,10,12-13H2,1H3,(H,23,27). The number of aromatic nitrogens is 2. The van der Waals surface area contributed by atoms with E-state index >= 15 is 0 Å². The summed E-state index contributed by atoms with van der Waals surface area (Å²) in [5.74, 6) is 3.18. The van der Waals surface area contributed by atoms with Gasteiger partial charge in [-0.3, -0.25) is 9.69 Å². The van der Waals surface area contributed by atoms with E-state index < -0.39 is 0 Å². The number of hydrogen-bond donors (Lipinski definition) is 1. The van der Waals surface area contributed by atoms with E-state index in [2.05, 4.69) is 21.3 Å². The minimum atomic E-state index is 0.264. The highest BCUT2D eigenvalue weighted by Gasteiger charge is 2.41. The first-order chi connectivity index (χ1) is 13.7. The van der Waals surface area contributed by atoms with Gasteiger partial charge in [-0.1, -0.05) is 6.42 Å². The third-order valence-corrected chi connectivity index (χ3v) is 6.88. The average Bonchev–Trinajstić information content (AvgIpc) is 3.20. The molecular formula is C22H28N4O2. The number of aryl methyl sites for hydroxylation is 1. The zero-order valence-electron chi connectivity index (χ0n) is 16.4. The Morgan fingerprint density at radius 1 is 1.32 bits per heavy atom. The van der Waals surface area contributed by atoms with Crippen molar-refractivity contribution < 1.29 is 9.21 Å². The lowest BCUT2D eigenvalue weighted by molar-refractivity contribution is -0.127. The second-order valence-corrected chi connectivity index (χ2v) is 8.62. The van der Waals surface area contributed by atoms with Crippen LogP contribution in [0.4, 0.5) is 0 Å². The van der Waals surface area contributed by atoms with Crippen LogP contribution in [0.5, 0.6) is 0 Å². The summed E-state index contributed by atoms with van der Waals surface area (Å²) in [5.41, 5.74) is 2.00. The van der Waals surface area contributed by atoms with Gasteiger partial charge in [0.15, 0.2) is 5.76 Å². The number of carbonyl (C=O) groups excluding carboxylic acids is 1. The maximum atomic E-state index is 12.2. The Hall–Kier alpha value is -2.21. The number of carbonyl (C=O) groups is 1. The number of nitrogens with zero attached hydrogens (tertiary/aromatic N) is 3. The summed E-state index contributed by atoms with van der Waals surface area (Å²) in [4.78, 5) is 24.1. The van der Waals surface area contributed by atoms with Crippen LogP contribution in [0, 0.1) is 18.8 Å². The number of nitrogens with one attached hydrogen (secondary N) is 1. The molecule has 2 bridgehead atoms. The van der Waals surface area contributed by atoms with E-state index in [1.54, 1.807) is 6.26 Å². The predicted molar refractivity (Wildman–Crippen MR) is 106 cm³/mol. The van der Waals surface area contributed by atoms with Crippen LogP contribution in [0.15, 0.2) is 28.9 Å². The predicted octanol–water partition coefficient (Wildman–Crippen LogP) is 3.14. The Bertz CT molecular complexity index is 846. The Kier molecular flexibility index (Phi) is 4.67. The molecule has 28 heavy (non-hydrogen) atoms. The minimum Gasteiger partial charge on any atom is -0.463 e. The summed E-state index contributed by atoms with van der Waals surface area (Å²) >= 11 is 0. The van der Waals surface area contributed by atoms with Crippen LogP contribution in [0.1, 0.15) is 49.5 Å². The van der Waals surface area contributed by atoms with Gasteiger partial charge in [-0.2, -0.15) is 0 Å². The third kappa shape index (κ3) is 3.34. The summed E-state index contributed by atoms with van der Waals surface area (Å²) in [7, 11) is 0. The summed E-state index contributed by atoms with van der Waals surface area (Å²) in [6, 6.07) is 6.41. The van der Waals surface area contributed by atoms with Gasteiger partial charge in [0.1, 0.15) is 11.5 Å². The van der Waals surface area contributed by atoms with Crippen molar-refractivity contribution >= 4 is 5.91 Å². The number of piperidine rings is 3. The Morgan fingerprint density at radius 2 is 2.21 bits per heavy atom. The molecular weight excluding hydrogens is 352 g/mol. The summed E-state index contributed by atoms with van der Waals surface area (Å²) in [5, 5.41) is 3.21. The van der Waals surface area contributed by atoms with Crippen molar-refractivity contribution in [2.24, 2.45) is 11.8 Å². The van der Waals surface area contributed by atoms with E-state index in [1.807, 2.05) is 19.1 Å². The van der Waals surface area contributed by atoms with E-state index in [4.69, 9.17) is 9.40 Å². The SMILES string of the molecule is Cc1nc(-c2ccco2)cc(C2CN3CCC2CC3CNC(=O)C2CCC2)n1. The highest BCUT2D eigenvalue weighted by molar-refractivity contribution is 5.79. The van der Waals surface area contributed by atoms with E-state index in [0.29, 0.717) is 17.9 Å². The molecule has 5 heterocycles. The summed E-state index contributed by atoms with van der Waals surface area (Å²) in [6.45, 7) is 4.89. The molecule has 148 valence electrons. The van der Waals surface area contributed by atoms with Crippen LogP contribution in [-0.2, 0) is 4.79 Å². The van der Waals surface area contributed by atoms with Crippen molar-refractivity contribution in [3.05, 3.63) is 36.0 Å². The number of furan rings is 1. The van der Waals surface area contributed by atoms with Gasteiger partial charge in [-0.25, -0.2) is 9.97 Å². The molecule has 4 aliphatic rings. The number of hydrogen-bond acceptors (Lipinski definition) is 5. The van der Waals surface area contributed by atoms with Gasteiger partial charge in [-0.15, -0.1) is 0 Å². The molecule has 2 aromatic rings. The molecule has 4 atom stereocenters.